The summed E-state index contributed by atoms with van der Waals surface area (Å²) in [5.41, 5.74) is 9.61. The molecule has 6 N–H and O–H groups in total. The fourth-order valence-electron chi connectivity index (χ4n) is 4.01. The van der Waals surface area contributed by atoms with E-state index in [9.17, 15) is 15.0 Å². The van der Waals surface area contributed by atoms with Crippen LogP contribution in [0.1, 0.15) is 31.2 Å². The minimum absolute atomic E-state index is 0. The van der Waals surface area contributed by atoms with Gasteiger partial charge < -0.3 is 31.1 Å². The molecule has 4 rings (SSSR count). The Bertz CT molecular complexity index is 1150. The first-order chi connectivity index (χ1) is 17.2. The second-order valence-corrected chi connectivity index (χ2v) is 8.59. The molecule has 3 heterocycles. The molecule has 1 aromatic carbocycles. The number of likely N-dealkylation sites (N-methyl/N-ethyl adjacent to an activating group) is 1. The number of aryl methyl sites for hydroxylation is 2. The van der Waals surface area contributed by atoms with Gasteiger partial charge in [-0.25, -0.2) is 15.0 Å². The molecule has 0 saturated carbocycles. The first-order valence-electron chi connectivity index (χ1n) is 11.9. The number of benzene rings is 1. The number of aliphatic hydroxyl groups excluding tert-OH is 3. The molecule has 1 aliphatic rings. The van der Waals surface area contributed by atoms with Crippen LogP contribution >= 0.6 is 0 Å². The zero-order chi connectivity index (χ0) is 26.4. The van der Waals surface area contributed by atoms with Crippen molar-refractivity contribution in [2.75, 3.05) is 37.3 Å². The highest BCUT2D eigenvalue weighted by Crippen LogP contribution is 2.31. The van der Waals surface area contributed by atoms with Crippen LogP contribution < -0.4 is 11.1 Å². The molecule has 0 unspecified atom stereocenters. The summed E-state index contributed by atoms with van der Waals surface area (Å²) in [6.45, 7) is 10.0. The molecule has 4 atom stereocenters. The van der Waals surface area contributed by atoms with Crippen LogP contribution in [0.3, 0.4) is 0 Å². The fraction of sp³-hybridized carbons (Fsp3) is 0.500. The van der Waals surface area contributed by atoms with Gasteiger partial charge in [0.2, 0.25) is 5.91 Å². The minimum Gasteiger partial charge on any atom is -0.394 e. The van der Waals surface area contributed by atoms with E-state index in [-0.39, 0.29) is 34.8 Å². The van der Waals surface area contributed by atoms with Gasteiger partial charge in [0.1, 0.15) is 30.2 Å². The number of para-hydroxylation sites is 1. The largest absolute Gasteiger partial charge is 0.394 e. The van der Waals surface area contributed by atoms with E-state index in [4.69, 9.17) is 15.6 Å². The van der Waals surface area contributed by atoms with Crippen molar-refractivity contribution in [2.45, 2.75) is 52.2 Å². The van der Waals surface area contributed by atoms with E-state index in [0.29, 0.717) is 17.7 Å². The third kappa shape index (κ3) is 7.13. The van der Waals surface area contributed by atoms with Gasteiger partial charge in [-0.2, -0.15) is 0 Å². The predicted molar refractivity (Wildman–Crippen MR) is 144 cm³/mol. The molecule has 0 spiro atoms. The van der Waals surface area contributed by atoms with Crippen LogP contribution in [0.5, 0.6) is 0 Å². The van der Waals surface area contributed by atoms with Gasteiger partial charge in [-0.15, -0.1) is 0 Å². The lowest BCUT2D eigenvalue weighted by molar-refractivity contribution is -0.117. The number of nitrogens with zero attached hydrogens (tertiary/aromatic N) is 5. The molecule has 0 aliphatic carbocycles. The van der Waals surface area contributed by atoms with Crippen molar-refractivity contribution in [1.29, 1.82) is 0 Å². The van der Waals surface area contributed by atoms with Gasteiger partial charge >= 0.3 is 23.1 Å². The van der Waals surface area contributed by atoms with Gasteiger partial charge in [-0.3, -0.25) is 14.3 Å². The number of hydrogen-bond donors (Lipinski definition) is 5. The lowest BCUT2D eigenvalue weighted by Crippen LogP contribution is -2.33. The van der Waals surface area contributed by atoms with Crippen molar-refractivity contribution in [3.05, 3.63) is 42.0 Å². The van der Waals surface area contributed by atoms with E-state index in [1.54, 1.807) is 0 Å². The van der Waals surface area contributed by atoms with Gasteiger partial charge in [0.15, 0.2) is 17.7 Å². The number of aromatic nitrogens is 4. The maximum atomic E-state index is 11.9. The van der Waals surface area contributed by atoms with Crippen molar-refractivity contribution in [1.82, 2.24) is 24.4 Å². The summed E-state index contributed by atoms with van der Waals surface area (Å²) in [6.07, 6.45) is -1.42. The third-order valence-electron chi connectivity index (χ3n) is 6.19. The van der Waals surface area contributed by atoms with Crippen LogP contribution in [0, 0.1) is 13.8 Å². The SMILES string of the molecule is CCN(CC)CC(=O)Nc1c(C)cccc1C.Nc1ncnc2c1ncn2[C@@H]1O[C@H](CO)[C@@H](O)[C@H]1O.[MgH2]. The number of carbonyl (C=O) groups excluding carboxylic acids is 1. The lowest BCUT2D eigenvalue weighted by atomic mass is 10.1. The summed E-state index contributed by atoms with van der Waals surface area (Å²) >= 11 is 0. The Morgan fingerprint density at radius 1 is 1.14 bits per heavy atom. The number of hydrogen-bond acceptors (Lipinski definition) is 10. The van der Waals surface area contributed by atoms with E-state index in [1.165, 1.54) is 17.2 Å². The summed E-state index contributed by atoms with van der Waals surface area (Å²) in [7, 11) is 0. The first kappa shape index (κ1) is 30.8. The molecule has 12 nitrogen and oxygen atoms in total. The van der Waals surface area contributed by atoms with Gasteiger partial charge in [-0.1, -0.05) is 32.0 Å². The Morgan fingerprint density at radius 2 is 1.78 bits per heavy atom. The second-order valence-electron chi connectivity index (χ2n) is 8.59. The van der Waals surface area contributed by atoms with Gasteiger partial charge in [0, 0.05) is 5.69 Å². The molecule has 1 amide bonds. The Labute approximate surface area is 232 Å². The smallest absolute Gasteiger partial charge is 0.316 e. The van der Waals surface area contributed by atoms with E-state index < -0.39 is 31.1 Å². The van der Waals surface area contributed by atoms with Crippen LogP contribution in [0.15, 0.2) is 30.9 Å². The minimum atomic E-state index is -1.19. The Kier molecular flexibility index (Phi) is 11.6. The number of rotatable bonds is 7. The number of ether oxygens (including phenoxy) is 1. The summed E-state index contributed by atoms with van der Waals surface area (Å²) in [5.74, 6) is 0.279. The number of nitrogen functional groups attached to an aromatic ring is 1. The summed E-state index contributed by atoms with van der Waals surface area (Å²) < 4.78 is 6.85. The lowest BCUT2D eigenvalue weighted by Gasteiger charge is -2.18. The number of fused-ring (bicyclic) bond motifs is 1. The number of aliphatic hydroxyl groups is 3. The maximum absolute atomic E-state index is 11.9. The van der Waals surface area contributed by atoms with Crippen LogP contribution in [0.2, 0.25) is 0 Å². The molecule has 0 radical (unpaired) electrons. The average Bonchev–Trinajstić information content (AvgIpc) is 3.42. The van der Waals surface area contributed by atoms with Crippen molar-refractivity contribution >= 4 is 51.6 Å². The molecule has 13 heteroatoms. The zero-order valence-electron chi connectivity index (χ0n) is 21.0. The second kappa shape index (κ2) is 14.0. The number of nitrogens with two attached hydrogens (primary N) is 1. The molecule has 2 aromatic heterocycles. The molecule has 1 fully saturated rings. The van der Waals surface area contributed by atoms with E-state index in [0.717, 1.165) is 29.9 Å². The highest BCUT2D eigenvalue weighted by molar-refractivity contribution is 5.93. The Hall–Kier alpha value is -2.39. The Morgan fingerprint density at radius 3 is 2.35 bits per heavy atom. The van der Waals surface area contributed by atoms with Crippen molar-refractivity contribution in [2.24, 2.45) is 0 Å². The number of imidazole rings is 1. The monoisotopic (exact) mass is 527 g/mol. The average molecular weight is 528 g/mol. The topological polar surface area (TPSA) is 172 Å². The number of anilines is 2. The van der Waals surface area contributed by atoms with Crippen molar-refractivity contribution in [3.63, 3.8) is 0 Å². The number of nitrogens with one attached hydrogen (secondary N) is 1. The van der Waals surface area contributed by atoms with Crippen LogP contribution in [-0.4, -0.2) is 113 Å². The standard InChI is InChI=1S/C14H22N2O.C10H13N5O4.Mg.2H/c1-5-16(6-2)10-13(17)15-14-11(3)8-7-9-12(14)4;11-8-5-9(13-2-12-8)15(3-14-5)10-7(18)6(17)4(1-16)19-10;;;/h7-9H,5-6,10H2,1-4H3,(H,15,17);2-4,6-7,10,16-18H,1H2,(H2,11,12,13);;;/t;4-,6-,7-,10-;;;/m.1.../s1. The summed E-state index contributed by atoms with van der Waals surface area (Å²) in [5, 5.41) is 31.7. The Balaban J connectivity index is 0.000000255. The molecular formula is C24H37MgN7O5. The molecule has 200 valence electrons. The van der Waals surface area contributed by atoms with E-state index in [2.05, 4.69) is 39.0 Å². The van der Waals surface area contributed by atoms with Gasteiger partial charge in [-0.05, 0) is 38.1 Å². The first-order valence-corrected chi connectivity index (χ1v) is 11.9. The van der Waals surface area contributed by atoms with Gasteiger partial charge in [0.25, 0.3) is 0 Å². The van der Waals surface area contributed by atoms with Crippen molar-refractivity contribution in [3.8, 4) is 0 Å². The van der Waals surface area contributed by atoms with Crippen LogP contribution in [-0.2, 0) is 9.53 Å². The molecular weight excluding hydrogens is 491 g/mol. The van der Waals surface area contributed by atoms with E-state index >= 15 is 0 Å². The summed E-state index contributed by atoms with van der Waals surface area (Å²) in [6, 6.07) is 6.03. The van der Waals surface area contributed by atoms with Crippen LogP contribution in [0.25, 0.3) is 11.2 Å². The highest BCUT2D eigenvalue weighted by atomic mass is 24.3. The van der Waals surface area contributed by atoms with Crippen LogP contribution in [0.4, 0.5) is 11.5 Å². The quantitative estimate of drug-likeness (QED) is 0.256. The molecule has 37 heavy (non-hydrogen) atoms. The summed E-state index contributed by atoms with van der Waals surface area (Å²) in [4.78, 5) is 25.9. The number of amides is 1. The van der Waals surface area contributed by atoms with Crippen molar-refractivity contribution < 1.29 is 24.9 Å². The van der Waals surface area contributed by atoms with E-state index in [1.807, 2.05) is 32.0 Å². The van der Waals surface area contributed by atoms with Gasteiger partial charge in [0.05, 0.1) is 19.5 Å². The fourth-order valence-corrected chi connectivity index (χ4v) is 4.01. The predicted octanol–water partition coefficient (Wildman–Crippen LogP) is -0.312. The highest BCUT2D eigenvalue weighted by Gasteiger charge is 2.43. The zero-order valence-corrected chi connectivity index (χ0v) is 21.0. The molecule has 1 saturated heterocycles. The molecule has 1 aliphatic heterocycles. The number of carbonyl (C=O) groups is 1. The molecule has 3 aromatic rings. The normalized spacial score (nSPS) is 20.9. The maximum Gasteiger partial charge on any atom is 0.316 e. The molecule has 0 bridgehead atoms. The third-order valence-corrected chi connectivity index (χ3v) is 6.19.